The zero-order valence-corrected chi connectivity index (χ0v) is 12.9. The topological polar surface area (TPSA) is 46.3 Å². The van der Waals surface area contributed by atoms with E-state index in [0.29, 0.717) is 24.3 Å². The van der Waals surface area contributed by atoms with Crippen LogP contribution in [0.4, 0.5) is 5.69 Å². The molecule has 1 saturated carbocycles. The average molecular weight is 286 g/mol. The van der Waals surface area contributed by atoms with Gasteiger partial charge in [-0.25, -0.2) is 0 Å². The maximum absolute atomic E-state index is 13.1. The predicted molar refractivity (Wildman–Crippen MR) is 86.2 cm³/mol. The first-order chi connectivity index (χ1) is 10.2. The van der Waals surface area contributed by atoms with E-state index in [4.69, 9.17) is 5.73 Å². The Kier molecular flexibility index (Phi) is 4.29. The average Bonchev–Trinajstić information content (AvgIpc) is 2.53. The molecule has 3 atom stereocenters. The monoisotopic (exact) mass is 286 g/mol. The first-order valence-electron chi connectivity index (χ1n) is 8.30. The van der Waals surface area contributed by atoms with Crippen LogP contribution in [0.1, 0.15) is 38.2 Å². The lowest BCUT2D eigenvalue weighted by molar-refractivity contribution is -0.125. The van der Waals surface area contributed by atoms with Crippen molar-refractivity contribution in [2.75, 3.05) is 18.0 Å². The van der Waals surface area contributed by atoms with Gasteiger partial charge in [-0.2, -0.15) is 0 Å². The van der Waals surface area contributed by atoms with E-state index in [1.54, 1.807) is 0 Å². The predicted octanol–water partition coefficient (Wildman–Crippen LogP) is 2.98. The summed E-state index contributed by atoms with van der Waals surface area (Å²) in [6, 6.07) is 8.37. The molecule has 1 heterocycles. The van der Waals surface area contributed by atoms with Crippen LogP contribution in [-0.2, 0) is 11.2 Å². The SMILES string of the molecule is CC1Cc2ccccc2N(C(=O)C2CCCCC2CN)C1. The van der Waals surface area contributed by atoms with Crippen molar-refractivity contribution in [2.45, 2.75) is 39.0 Å². The molecule has 0 radical (unpaired) electrons. The molecule has 2 aliphatic rings. The Labute approximate surface area is 127 Å². The Morgan fingerprint density at radius 2 is 2.05 bits per heavy atom. The molecule has 1 aliphatic carbocycles. The molecule has 1 aliphatic heterocycles. The molecular weight excluding hydrogens is 260 g/mol. The number of nitrogens with two attached hydrogens (primary N) is 1. The van der Waals surface area contributed by atoms with Crippen molar-refractivity contribution in [3.8, 4) is 0 Å². The van der Waals surface area contributed by atoms with Crippen LogP contribution in [0.3, 0.4) is 0 Å². The van der Waals surface area contributed by atoms with Crippen molar-refractivity contribution >= 4 is 11.6 Å². The summed E-state index contributed by atoms with van der Waals surface area (Å²) in [4.78, 5) is 15.1. The molecule has 3 nitrogen and oxygen atoms in total. The third-order valence-corrected chi connectivity index (χ3v) is 5.14. The minimum atomic E-state index is 0.127. The fraction of sp³-hybridized carbons (Fsp3) is 0.611. The van der Waals surface area contributed by atoms with Crippen LogP contribution in [0, 0.1) is 17.8 Å². The highest BCUT2D eigenvalue weighted by Gasteiger charge is 2.35. The highest BCUT2D eigenvalue weighted by molar-refractivity contribution is 5.96. The summed E-state index contributed by atoms with van der Waals surface area (Å²) >= 11 is 0. The van der Waals surface area contributed by atoms with Gasteiger partial charge in [-0.15, -0.1) is 0 Å². The smallest absolute Gasteiger partial charge is 0.230 e. The van der Waals surface area contributed by atoms with E-state index in [1.807, 2.05) is 11.0 Å². The first-order valence-corrected chi connectivity index (χ1v) is 8.30. The molecule has 3 heteroatoms. The summed E-state index contributed by atoms with van der Waals surface area (Å²) in [5.41, 5.74) is 8.35. The third-order valence-electron chi connectivity index (χ3n) is 5.14. The lowest BCUT2D eigenvalue weighted by Crippen LogP contribution is -2.46. The van der Waals surface area contributed by atoms with Gasteiger partial charge in [0.25, 0.3) is 0 Å². The van der Waals surface area contributed by atoms with Crippen LogP contribution in [0.25, 0.3) is 0 Å². The number of rotatable bonds is 2. The number of hydrogen-bond acceptors (Lipinski definition) is 2. The zero-order chi connectivity index (χ0) is 14.8. The number of hydrogen-bond donors (Lipinski definition) is 1. The molecule has 1 fully saturated rings. The zero-order valence-electron chi connectivity index (χ0n) is 12.9. The van der Waals surface area contributed by atoms with Crippen molar-refractivity contribution < 1.29 is 4.79 Å². The molecule has 114 valence electrons. The van der Waals surface area contributed by atoms with Crippen molar-refractivity contribution in [2.24, 2.45) is 23.5 Å². The van der Waals surface area contributed by atoms with Gasteiger partial charge in [0, 0.05) is 18.2 Å². The molecule has 0 spiro atoms. The fourth-order valence-corrected chi connectivity index (χ4v) is 4.02. The van der Waals surface area contributed by atoms with Gasteiger partial charge in [-0.3, -0.25) is 4.79 Å². The lowest BCUT2D eigenvalue weighted by atomic mass is 9.78. The van der Waals surface area contributed by atoms with Crippen LogP contribution in [-0.4, -0.2) is 19.0 Å². The normalized spacial score (nSPS) is 29.0. The lowest BCUT2D eigenvalue weighted by Gasteiger charge is -2.38. The van der Waals surface area contributed by atoms with Gasteiger partial charge in [0.2, 0.25) is 5.91 Å². The molecule has 0 bridgehead atoms. The van der Waals surface area contributed by atoms with Gasteiger partial charge in [-0.1, -0.05) is 38.0 Å². The van der Waals surface area contributed by atoms with Crippen molar-refractivity contribution in [3.63, 3.8) is 0 Å². The Morgan fingerprint density at radius 3 is 2.86 bits per heavy atom. The summed E-state index contributed by atoms with van der Waals surface area (Å²) < 4.78 is 0. The van der Waals surface area contributed by atoms with Crippen molar-refractivity contribution in [3.05, 3.63) is 29.8 Å². The van der Waals surface area contributed by atoms with E-state index in [0.717, 1.165) is 37.9 Å². The van der Waals surface area contributed by atoms with E-state index in [-0.39, 0.29) is 5.92 Å². The molecule has 0 saturated heterocycles. The molecule has 1 aromatic rings. The van der Waals surface area contributed by atoms with E-state index in [1.165, 1.54) is 12.0 Å². The van der Waals surface area contributed by atoms with E-state index < -0.39 is 0 Å². The number of carbonyl (C=O) groups is 1. The third kappa shape index (κ3) is 2.84. The second-order valence-corrected chi connectivity index (χ2v) is 6.77. The molecule has 1 amide bonds. The molecule has 21 heavy (non-hydrogen) atoms. The van der Waals surface area contributed by atoms with Gasteiger partial charge in [0.15, 0.2) is 0 Å². The van der Waals surface area contributed by atoms with Gasteiger partial charge in [0.1, 0.15) is 0 Å². The van der Waals surface area contributed by atoms with E-state index >= 15 is 0 Å². The maximum atomic E-state index is 13.1. The van der Waals surface area contributed by atoms with Crippen molar-refractivity contribution in [1.29, 1.82) is 0 Å². The van der Waals surface area contributed by atoms with Crippen LogP contribution in [0.15, 0.2) is 24.3 Å². The van der Waals surface area contributed by atoms with Crippen LogP contribution in [0.2, 0.25) is 0 Å². The second-order valence-electron chi connectivity index (χ2n) is 6.77. The Balaban J connectivity index is 1.87. The fourth-order valence-electron chi connectivity index (χ4n) is 4.02. The maximum Gasteiger partial charge on any atom is 0.230 e. The summed E-state index contributed by atoms with van der Waals surface area (Å²) in [5, 5.41) is 0. The van der Waals surface area contributed by atoms with Crippen molar-refractivity contribution in [1.82, 2.24) is 0 Å². The van der Waals surface area contributed by atoms with Crippen LogP contribution < -0.4 is 10.6 Å². The Morgan fingerprint density at radius 1 is 1.29 bits per heavy atom. The van der Waals surface area contributed by atoms with Gasteiger partial charge in [0.05, 0.1) is 0 Å². The number of fused-ring (bicyclic) bond motifs is 1. The van der Waals surface area contributed by atoms with Gasteiger partial charge >= 0.3 is 0 Å². The number of benzene rings is 1. The number of nitrogens with zero attached hydrogens (tertiary/aromatic N) is 1. The minimum absolute atomic E-state index is 0.127. The quantitative estimate of drug-likeness (QED) is 0.908. The molecule has 2 N–H and O–H groups in total. The summed E-state index contributed by atoms with van der Waals surface area (Å²) in [7, 11) is 0. The minimum Gasteiger partial charge on any atom is -0.330 e. The summed E-state index contributed by atoms with van der Waals surface area (Å²) in [6.45, 7) is 3.72. The van der Waals surface area contributed by atoms with Crippen LogP contribution in [0.5, 0.6) is 0 Å². The van der Waals surface area contributed by atoms with E-state index in [2.05, 4.69) is 25.1 Å². The molecule has 1 aromatic carbocycles. The van der Waals surface area contributed by atoms with Gasteiger partial charge < -0.3 is 10.6 Å². The highest BCUT2D eigenvalue weighted by Crippen LogP contribution is 2.35. The van der Waals surface area contributed by atoms with Gasteiger partial charge in [-0.05, 0) is 49.3 Å². The number of para-hydroxylation sites is 1. The first kappa shape index (κ1) is 14.6. The number of carbonyl (C=O) groups excluding carboxylic acids is 1. The Bertz CT molecular complexity index is 514. The molecular formula is C18H26N2O. The summed E-state index contributed by atoms with van der Waals surface area (Å²) in [5.74, 6) is 1.34. The molecule has 0 aromatic heterocycles. The van der Waals surface area contributed by atoms with E-state index in [9.17, 15) is 4.79 Å². The van der Waals surface area contributed by atoms with Crippen LogP contribution >= 0.6 is 0 Å². The molecule has 3 unspecified atom stereocenters. The summed E-state index contributed by atoms with van der Waals surface area (Å²) in [6.07, 6.45) is 5.58. The second kappa shape index (κ2) is 6.18. The number of amides is 1. The number of anilines is 1. The standard InChI is InChI=1S/C18H26N2O/c1-13-10-14-6-3-5-9-17(14)20(12-13)18(21)16-8-4-2-7-15(16)11-19/h3,5-6,9,13,15-16H,2,4,7-8,10-12,19H2,1H3. The molecule has 3 rings (SSSR count). The highest BCUT2D eigenvalue weighted by atomic mass is 16.2. The Hall–Kier alpha value is -1.35. The largest absolute Gasteiger partial charge is 0.330 e.